The Kier molecular flexibility index (Phi) is 8.88. The van der Waals surface area contributed by atoms with Gasteiger partial charge in [-0.2, -0.15) is 0 Å². The monoisotopic (exact) mass is 632 g/mol. The van der Waals surface area contributed by atoms with Crippen LogP contribution in [0.15, 0.2) is 42.5 Å². The molecule has 4 aliphatic rings. The van der Waals surface area contributed by atoms with Crippen molar-refractivity contribution in [3.8, 4) is 0 Å². The first-order chi connectivity index (χ1) is 21.4. The molecule has 0 radical (unpaired) electrons. The fourth-order valence-electron chi connectivity index (χ4n) is 7.92. The van der Waals surface area contributed by atoms with Crippen LogP contribution < -0.4 is 14.7 Å². The fraction of sp³-hybridized carbons (Fsp3) is 0.611. The number of anilines is 3. The summed E-state index contributed by atoms with van der Waals surface area (Å²) in [5.74, 6) is 0. The molecule has 6 rings (SSSR count). The van der Waals surface area contributed by atoms with E-state index in [9.17, 15) is 4.79 Å². The van der Waals surface area contributed by atoms with Crippen molar-refractivity contribution < 1.29 is 9.53 Å². The van der Waals surface area contributed by atoms with Crippen molar-refractivity contribution in [2.75, 3.05) is 67.6 Å². The molecule has 8 nitrogen and oxygen atoms in total. The molecule has 2 aromatic rings. The molecule has 9 heteroatoms. The average Bonchev–Trinajstić information content (AvgIpc) is 3.31. The maximum absolute atomic E-state index is 12.3. The third-order valence-corrected chi connectivity index (χ3v) is 11.0. The second-order valence-electron chi connectivity index (χ2n) is 14.9. The summed E-state index contributed by atoms with van der Waals surface area (Å²) in [7, 11) is 2.22. The average molecular weight is 633 g/mol. The van der Waals surface area contributed by atoms with E-state index >= 15 is 0 Å². The van der Waals surface area contributed by atoms with Gasteiger partial charge in [0, 0.05) is 86.0 Å². The van der Waals surface area contributed by atoms with Crippen molar-refractivity contribution in [1.82, 2.24) is 9.80 Å². The summed E-state index contributed by atoms with van der Waals surface area (Å²) in [5.41, 5.74) is 4.20. The van der Waals surface area contributed by atoms with Gasteiger partial charge in [0.1, 0.15) is 5.60 Å². The number of likely N-dealkylation sites (N-methyl/N-ethyl adjacent to an activating group) is 1. The maximum atomic E-state index is 12.3. The molecule has 0 aromatic heterocycles. The van der Waals surface area contributed by atoms with Gasteiger partial charge in [0.25, 0.3) is 0 Å². The van der Waals surface area contributed by atoms with Crippen molar-refractivity contribution in [2.45, 2.75) is 83.5 Å². The van der Waals surface area contributed by atoms with Gasteiger partial charge < -0.3 is 24.3 Å². The number of carbonyl (C=O) groups is 1. The van der Waals surface area contributed by atoms with Crippen molar-refractivity contribution in [2.24, 2.45) is 5.41 Å². The summed E-state index contributed by atoms with van der Waals surface area (Å²) < 4.78 is 5.53. The highest BCUT2D eigenvalue weighted by atomic mass is 35.5. The molecule has 2 aromatic carbocycles. The van der Waals surface area contributed by atoms with Crippen LogP contribution in [0, 0.1) is 12.0 Å². The SMILES string of the molecule is [C-]#[N+]c1ccc(N2CC3(CCN(c4ccc(N5CCC(N(C)C6CN(C(=O)OC(C)(C)C)C6)CC5)cc4)CC3)C[C@@H]2C)cc1Cl. The summed E-state index contributed by atoms with van der Waals surface area (Å²) in [4.78, 5) is 27.7. The number of rotatable bonds is 5. The molecule has 4 saturated heterocycles. The van der Waals surface area contributed by atoms with E-state index in [1.165, 1.54) is 30.6 Å². The van der Waals surface area contributed by atoms with Crippen LogP contribution in [0.3, 0.4) is 0 Å². The number of carbonyl (C=O) groups excluding carboxylic acids is 1. The predicted octanol–water partition coefficient (Wildman–Crippen LogP) is 7.30. The van der Waals surface area contributed by atoms with Crippen molar-refractivity contribution >= 4 is 40.4 Å². The number of likely N-dealkylation sites (tertiary alicyclic amines) is 1. The van der Waals surface area contributed by atoms with E-state index in [1.54, 1.807) is 0 Å². The van der Waals surface area contributed by atoms with Crippen LogP contribution in [0.5, 0.6) is 0 Å². The molecule has 4 aliphatic heterocycles. The lowest BCUT2D eigenvalue weighted by Crippen LogP contribution is -2.63. The van der Waals surface area contributed by atoms with Crippen molar-refractivity contribution in [3.63, 3.8) is 0 Å². The van der Waals surface area contributed by atoms with E-state index in [0.717, 1.165) is 64.3 Å². The van der Waals surface area contributed by atoms with Crippen molar-refractivity contribution in [3.05, 3.63) is 58.9 Å². The Balaban J connectivity index is 0.963. The molecule has 0 saturated carbocycles. The minimum absolute atomic E-state index is 0.194. The van der Waals surface area contributed by atoms with Gasteiger partial charge in [-0.3, -0.25) is 4.90 Å². The molecule has 1 amide bonds. The zero-order valence-electron chi connectivity index (χ0n) is 27.6. The maximum Gasteiger partial charge on any atom is 0.410 e. The molecule has 1 atom stereocenters. The zero-order chi connectivity index (χ0) is 31.9. The van der Waals surface area contributed by atoms with Crippen LogP contribution >= 0.6 is 11.6 Å². The number of benzene rings is 2. The third kappa shape index (κ3) is 6.85. The number of hydrogen-bond donors (Lipinski definition) is 0. The number of halogens is 1. The number of ether oxygens (including phenoxy) is 1. The Morgan fingerprint density at radius 1 is 0.956 bits per heavy atom. The van der Waals surface area contributed by atoms with Crippen LogP contribution in [0.1, 0.15) is 59.8 Å². The van der Waals surface area contributed by atoms with Crippen LogP contribution in [0.25, 0.3) is 4.85 Å². The Morgan fingerprint density at radius 3 is 2.09 bits per heavy atom. The molecule has 4 heterocycles. The lowest BCUT2D eigenvalue weighted by Gasteiger charge is -2.48. The van der Waals surface area contributed by atoms with Crippen LogP contribution in [-0.4, -0.2) is 92.5 Å². The smallest absolute Gasteiger partial charge is 0.410 e. The normalized spacial score (nSPS) is 22.6. The first-order valence-corrected chi connectivity index (χ1v) is 17.0. The highest BCUT2D eigenvalue weighted by molar-refractivity contribution is 6.33. The molecule has 1 spiro atoms. The molecule has 4 fully saturated rings. The lowest BCUT2D eigenvalue weighted by atomic mass is 9.76. The minimum atomic E-state index is -0.446. The van der Waals surface area contributed by atoms with Gasteiger partial charge in [-0.05, 0) is 109 Å². The minimum Gasteiger partial charge on any atom is -0.444 e. The first-order valence-electron chi connectivity index (χ1n) is 16.7. The molecule has 0 aliphatic carbocycles. The third-order valence-electron chi connectivity index (χ3n) is 10.7. The standard InChI is InChI=1S/C36H49ClN6O2/c1-26-22-36(25-43(26)30-11-12-33(38-5)32(37)21-30)15-19-41(20-16-36)29-9-7-28(8-10-29)40-17-13-27(14-18-40)39(6)31-23-42(24-31)34(44)45-35(2,3)4/h7-12,21,26-27,31H,13-20,22-25H2,1-4,6H3/t26-/m0/s1. The Morgan fingerprint density at radius 2 is 1.53 bits per heavy atom. The highest BCUT2D eigenvalue weighted by Gasteiger charge is 2.44. The summed E-state index contributed by atoms with van der Waals surface area (Å²) in [6.07, 6.45) is 5.68. The summed E-state index contributed by atoms with van der Waals surface area (Å²) in [6.45, 7) is 22.2. The Hall–Kier alpha value is -3.15. The highest BCUT2D eigenvalue weighted by Crippen LogP contribution is 2.46. The fourth-order valence-corrected chi connectivity index (χ4v) is 8.14. The largest absolute Gasteiger partial charge is 0.444 e. The topological polar surface area (TPSA) is 46.9 Å². The van der Waals surface area contributed by atoms with Gasteiger partial charge in [-0.25, -0.2) is 9.64 Å². The van der Waals surface area contributed by atoms with E-state index < -0.39 is 5.60 Å². The van der Waals surface area contributed by atoms with Gasteiger partial charge >= 0.3 is 6.09 Å². The summed E-state index contributed by atoms with van der Waals surface area (Å²) in [6, 6.07) is 16.6. The van der Waals surface area contributed by atoms with Crippen molar-refractivity contribution in [1.29, 1.82) is 0 Å². The second-order valence-corrected chi connectivity index (χ2v) is 15.3. The first kappa shape index (κ1) is 31.8. The second kappa shape index (κ2) is 12.6. The molecule has 0 unspecified atom stereocenters. The van der Waals surface area contributed by atoms with Gasteiger partial charge in [0.15, 0.2) is 0 Å². The number of hydrogen-bond acceptors (Lipinski definition) is 6. The van der Waals surface area contributed by atoms with Gasteiger partial charge in [0.2, 0.25) is 5.69 Å². The lowest BCUT2D eigenvalue weighted by molar-refractivity contribution is -0.0200. The van der Waals surface area contributed by atoms with Crippen LogP contribution in [0.2, 0.25) is 5.02 Å². The van der Waals surface area contributed by atoms with E-state index in [2.05, 4.69) is 68.7 Å². The van der Waals surface area contributed by atoms with E-state index in [4.69, 9.17) is 22.9 Å². The summed E-state index contributed by atoms with van der Waals surface area (Å²) in [5, 5.41) is 0.549. The van der Waals surface area contributed by atoms with Crippen LogP contribution in [-0.2, 0) is 4.74 Å². The number of nitrogens with zero attached hydrogens (tertiary/aromatic N) is 6. The number of amides is 1. The molecule has 45 heavy (non-hydrogen) atoms. The number of piperidine rings is 2. The quantitative estimate of drug-likeness (QED) is 0.323. The molecule has 0 bridgehead atoms. The zero-order valence-corrected chi connectivity index (χ0v) is 28.4. The Bertz CT molecular complexity index is 1400. The van der Waals surface area contributed by atoms with Crippen LogP contribution in [0.4, 0.5) is 27.5 Å². The van der Waals surface area contributed by atoms with Gasteiger partial charge in [0.05, 0.1) is 6.57 Å². The predicted molar refractivity (Wildman–Crippen MR) is 184 cm³/mol. The van der Waals surface area contributed by atoms with E-state index in [-0.39, 0.29) is 6.09 Å². The van der Waals surface area contributed by atoms with Gasteiger partial charge in [-0.15, -0.1) is 0 Å². The van der Waals surface area contributed by atoms with E-state index in [0.29, 0.717) is 34.3 Å². The molecular formula is C36H49ClN6O2. The molecule has 0 N–H and O–H groups in total. The van der Waals surface area contributed by atoms with E-state index in [1.807, 2.05) is 37.8 Å². The Labute approximate surface area is 274 Å². The van der Waals surface area contributed by atoms with Gasteiger partial charge in [-0.1, -0.05) is 17.7 Å². The molecule has 242 valence electrons. The molecular weight excluding hydrogens is 584 g/mol. The summed E-state index contributed by atoms with van der Waals surface area (Å²) >= 11 is 6.38.